The van der Waals surface area contributed by atoms with Crippen LogP contribution in [0.4, 0.5) is 5.69 Å². The second-order valence-electron chi connectivity index (χ2n) is 7.24. The van der Waals surface area contributed by atoms with E-state index in [0.717, 1.165) is 10.8 Å². The fourth-order valence-electron chi connectivity index (χ4n) is 3.06. The zero-order valence-electron chi connectivity index (χ0n) is 16.9. The number of ether oxygens (including phenoxy) is 1. The summed E-state index contributed by atoms with van der Waals surface area (Å²) in [6.45, 7) is 3.16. The number of anilines is 1. The van der Waals surface area contributed by atoms with E-state index in [1.54, 1.807) is 50.2 Å². The van der Waals surface area contributed by atoms with Crippen LogP contribution in [-0.4, -0.2) is 30.4 Å². The molecule has 3 aromatic rings. The molecule has 0 fully saturated rings. The van der Waals surface area contributed by atoms with E-state index in [-0.39, 0.29) is 11.8 Å². The Bertz CT molecular complexity index is 1040. The van der Waals surface area contributed by atoms with E-state index >= 15 is 0 Å². The number of carbonyl (C=O) groups is 3. The first-order valence-corrected chi connectivity index (χ1v) is 9.76. The summed E-state index contributed by atoms with van der Waals surface area (Å²) in [5.41, 5.74) is 1.09. The highest BCUT2D eigenvalue weighted by Crippen LogP contribution is 2.22. The van der Waals surface area contributed by atoms with E-state index in [0.29, 0.717) is 11.3 Å². The number of rotatable bonds is 7. The lowest BCUT2D eigenvalue weighted by molar-refractivity contribution is -0.150. The van der Waals surface area contributed by atoms with Gasteiger partial charge in [-0.05, 0) is 29.5 Å². The number of hydrogen-bond acceptors (Lipinski definition) is 4. The molecular weight excluding hydrogens is 380 g/mol. The van der Waals surface area contributed by atoms with Crippen LogP contribution >= 0.6 is 0 Å². The van der Waals surface area contributed by atoms with Gasteiger partial charge in [-0.15, -0.1) is 0 Å². The van der Waals surface area contributed by atoms with Crippen LogP contribution in [0.5, 0.6) is 0 Å². The molecule has 0 aliphatic carbocycles. The minimum absolute atomic E-state index is 0.203. The molecule has 0 aromatic heterocycles. The second kappa shape index (κ2) is 9.69. The molecule has 6 heteroatoms. The zero-order valence-corrected chi connectivity index (χ0v) is 16.9. The summed E-state index contributed by atoms with van der Waals surface area (Å²) in [6, 6.07) is 21.0. The lowest BCUT2D eigenvalue weighted by Gasteiger charge is -2.21. The van der Waals surface area contributed by atoms with Crippen molar-refractivity contribution in [2.24, 2.45) is 5.92 Å². The number of esters is 1. The Kier molecular flexibility index (Phi) is 6.80. The summed E-state index contributed by atoms with van der Waals surface area (Å²) in [4.78, 5) is 37.2. The molecule has 0 saturated heterocycles. The molecule has 154 valence electrons. The van der Waals surface area contributed by atoms with Gasteiger partial charge in [0.1, 0.15) is 6.04 Å². The molecule has 30 heavy (non-hydrogen) atoms. The summed E-state index contributed by atoms with van der Waals surface area (Å²) in [5.74, 6) is -1.67. The van der Waals surface area contributed by atoms with Gasteiger partial charge in [0.2, 0.25) is 0 Å². The first-order valence-electron chi connectivity index (χ1n) is 9.76. The topological polar surface area (TPSA) is 84.5 Å². The van der Waals surface area contributed by atoms with E-state index in [1.165, 1.54) is 0 Å². The predicted octanol–water partition coefficient (Wildman–Crippen LogP) is 3.78. The maximum absolute atomic E-state index is 12.5. The van der Waals surface area contributed by atoms with E-state index in [1.807, 2.05) is 36.4 Å². The van der Waals surface area contributed by atoms with Crippen LogP contribution in [0.1, 0.15) is 24.2 Å². The minimum atomic E-state index is -0.858. The first-order chi connectivity index (χ1) is 14.5. The fourth-order valence-corrected chi connectivity index (χ4v) is 3.06. The van der Waals surface area contributed by atoms with Crippen LogP contribution < -0.4 is 10.6 Å². The SMILES string of the molecule is CC(C)C(NC(=O)c1ccccc1)C(=O)OCC(=O)Nc1cccc2ccccc12. The van der Waals surface area contributed by atoms with Crippen LogP contribution in [0.3, 0.4) is 0 Å². The van der Waals surface area contributed by atoms with Crippen molar-refractivity contribution < 1.29 is 19.1 Å². The van der Waals surface area contributed by atoms with Gasteiger partial charge in [-0.3, -0.25) is 9.59 Å². The Morgan fingerprint density at radius 1 is 0.867 bits per heavy atom. The molecule has 1 unspecified atom stereocenters. The van der Waals surface area contributed by atoms with E-state index in [4.69, 9.17) is 4.74 Å². The number of nitrogens with one attached hydrogen (secondary N) is 2. The molecule has 2 N–H and O–H groups in total. The Balaban J connectivity index is 1.59. The van der Waals surface area contributed by atoms with Gasteiger partial charge < -0.3 is 15.4 Å². The molecule has 0 aliphatic rings. The predicted molar refractivity (Wildman–Crippen MR) is 116 cm³/mol. The van der Waals surface area contributed by atoms with Crippen LogP contribution in [0.15, 0.2) is 72.8 Å². The Morgan fingerprint density at radius 2 is 1.53 bits per heavy atom. The molecule has 3 aromatic carbocycles. The molecular formula is C24H24N2O4. The smallest absolute Gasteiger partial charge is 0.329 e. The summed E-state index contributed by atoms with van der Waals surface area (Å²) in [5, 5.41) is 7.35. The van der Waals surface area contributed by atoms with Crippen molar-refractivity contribution in [3.8, 4) is 0 Å². The third-order valence-corrected chi connectivity index (χ3v) is 4.65. The lowest BCUT2D eigenvalue weighted by Crippen LogP contribution is -2.45. The van der Waals surface area contributed by atoms with Gasteiger partial charge in [-0.2, -0.15) is 0 Å². The van der Waals surface area contributed by atoms with Crippen LogP contribution in [-0.2, 0) is 14.3 Å². The fraction of sp³-hybridized carbons (Fsp3) is 0.208. The van der Waals surface area contributed by atoms with Crippen LogP contribution in [0, 0.1) is 5.92 Å². The molecule has 3 rings (SSSR count). The summed E-state index contributed by atoms with van der Waals surface area (Å²) in [7, 11) is 0. The van der Waals surface area contributed by atoms with Gasteiger partial charge in [0, 0.05) is 16.6 Å². The molecule has 0 spiro atoms. The maximum atomic E-state index is 12.5. The van der Waals surface area contributed by atoms with E-state index in [2.05, 4.69) is 10.6 Å². The molecule has 0 saturated carbocycles. The third kappa shape index (κ3) is 5.23. The molecule has 0 radical (unpaired) electrons. The number of carbonyl (C=O) groups excluding carboxylic acids is 3. The van der Waals surface area contributed by atoms with E-state index < -0.39 is 24.5 Å². The van der Waals surface area contributed by atoms with Crippen molar-refractivity contribution in [1.29, 1.82) is 0 Å². The normalized spacial score (nSPS) is 11.7. The standard InChI is InChI=1S/C24H24N2O4/c1-16(2)22(26-23(28)18-10-4-3-5-11-18)24(29)30-15-21(27)25-20-14-8-12-17-9-6-7-13-19(17)20/h3-14,16,22H,15H2,1-2H3,(H,25,27)(H,26,28). The van der Waals surface area contributed by atoms with Crippen molar-refractivity contribution in [3.05, 3.63) is 78.4 Å². The molecule has 2 amide bonds. The van der Waals surface area contributed by atoms with Crippen molar-refractivity contribution in [3.63, 3.8) is 0 Å². The van der Waals surface area contributed by atoms with Crippen molar-refractivity contribution >= 4 is 34.2 Å². The van der Waals surface area contributed by atoms with Gasteiger partial charge in [0.05, 0.1) is 0 Å². The van der Waals surface area contributed by atoms with Crippen molar-refractivity contribution in [2.75, 3.05) is 11.9 Å². The largest absolute Gasteiger partial charge is 0.454 e. The van der Waals surface area contributed by atoms with Gasteiger partial charge >= 0.3 is 5.97 Å². The Hall–Kier alpha value is -3.67. The quantitative estimate of drug-likeness (QED) is 0.587. The monoisotopic (exact) mass is 404 g/mol. The van der Waals surface area contributed by atoms with Crippen molar-refractivity contribution in [1.82, 2.24) is 5.32 Å². The molecule has 1 atom stereocenters. The van der Waals surface area contributed by atoms with Crippen molar-refractivity contribution in [2.45, 2.75) is 19.9 Å². The maximum Gasteiger partial charge on any atom is 0.329 e. The minimum Gasteiger partial charge on any atom is -0.454 e. The number of benzene rings is 3. The number of amides is 2. The Labute approximate surface area is 175 Å². The highest BCUT2D eigenvalue weighted by atomic mass is 16.5. The molecule has 0 bridgehead atoms. The molecule has 0 heterocycles. The molecule has 6 nitrogen and oxygen atoms in total. The third-order valence-electron chi connectivity index (χ3n) is 4.65. The summed E-state index contributed by atoms with van der Waals surface area (Å²) >= 11 is 0. The van der Waals surface area contributed by atoms with Crippen LogP contribution in [0.25, 0.3) is 10.8 Å². The van der Waals surface area contributed by atoms with Crippen LogP contribution in [0.2, 0.25) is 0 Å². The molecule has 0 aliphatic heterocycles. The second-order valence-corrected chi connectivity index (χ2v) is 7.24. The lowest BCUT2D eigenvalue weighted by atomic mass is 10.0. The highest BCUT2D eigenvalue weighted by Gasteiger charge is 2.26. The summed E-state index contributed by atoms with van der Waals surface area (Å²) in [6.07, 6.45) is 0. The van der Waals surface area contributed by atoms with E-state index in [9.17, 15) is 14.4 Å². The average Bonchev–Trinajstić information content (AvgIpc) is 2.76. The first kappa shape index (κ1) is 21.0. The van der Waals surface area contributed by atoms with Gasteiger partial charge in [-0.25, -0.2) is 4.79 Å². The highest BCUT2D eigenvalue weighted by molar-refractivity contribution is 6.03. The average molecular weight is 404 g/mol. The zero-order chi connectivity index (χ0) is 21.5. The van der Waals surface area contributed by atoms with Gasteiger partial charge in [0.15, 0.2) is 6.61 Å². The van der Waals surface area contributed by atoms with Gasteiger partial charge in [-0.1, -0.05) is 68.4 Å². The number of fused-ring (bicyclic) bond motifs is 1. The van der Waals surface area contributed by atoms with Gasteiger partial charge in [0.25, 0.3) is 11.8 Å². The summed E-state index contributed by atoms with van der Waals surface area (Å²) < 4.78 is 5.18. The Morgan fingerprint density at radius 3 is 2.27 bits per heavy atom. The number of hydrogen-bond donors (Lipinski definition) is 2.